The largest absolute Gasteiger partial charge is 0.303 e. The summed E-state index contributed by atoms with van der Waals surface area (Å²) in [6.07, 6.45) is -1.49. The highest BCUT2D eigenvalue weighted by Crippen LogP contribution is 2.31. The lowest BCUT2D eigenvalue weighted by Gasteiger charge is -2.14. The van der Waals surface area contributed by atoms with E-state index in [1.165, 1.54) is 6.07 Å². The number of aldehydes is 1. The molecule has 0 fully saturated rings. The quantitative estimate of drug-likeness (QED) is 0.758. The van der Waals surface area contributed by atoms with Crippen LogP contribution in [0.3, 0.4) is 0 Å². The summed E-state index contributed by atoms with van der Waals surface area (Å²) >= 11 is 3.23. The van der Waals surface area contributed by atoms with E-state index in [1.54, 1.807) is 19.1 Å². The Labute approximate surface area is 95.6 Å². The Morgan fingerprint density at radius 3 is 2.60 bits per heavy atom. The van der Waals surface area contributed by atoms with Crippen LogP contribution in [0.2, 0.25) is 0 Å². The van der Waals surface area contributed by atoms with Crippen LogP contribution in [-0.4, -0.2) is 6.29 Å². The minimum absolute atomic E-state index is 0.00699. The predicted molar refractivity (Wildman–Crippen MR) is 58.2 cm³/mol. The van der Waals surface area contributed by atoms with Crippen LogP contribution in [0.1, 0.15) is 36.8 Å². The van der Waals surface area contributed by atoms with E-state index in [1.807, 2.05) is 0 Å². The minimum atomic E-state index is -2.50. The molecule has 0 radical (unpaired) electrons. The van der Waals surface area contributed by atoms with Gasteiger partial charge in [0.05, 0.1) is 0 Å². The van der Waals surface area contributed by atoms with Crippen molar-refractivity contribution in [1.82, 2.24) is 0 Å². The van der Waals surface area contributed by atoms with E-state index in [4.69, 9.17) is 0 Å². The molecular formula is C11H11BrF2O. The molecule has 4 heteroatoms. The summed E-state index contributed by atoms with van der Waals surface area (Å²) in [6, 6.07) is 4.62. The Bertz CT molecular complexity index is 352. The Kier molecular flexibility index (Phi) is 4.39. The fraction of sp³-hybridized carbons (Fsp3) is 0.364. The van der Waals surface area contributed by atoms with Gasteiger partial charge in [-0.3, -0.25) is 0 Å². The van der Waals surface area contributed by atoms with Crippen LogP contribution in [0.4, 0.5) is 8.78 Å². The molecule has 1 aromatic carbocycles. The van der Waals surface area contributed by atoms with Crippen LogP contribution < -0.4 is 0 Å². The van der Waals surface area contributed by atoms with Crippen molar-refractivity contribution in [2.24, 2.45) is 0 Å². The van der Waals surface area contributed by atoms with Gasteiger partial charge in [0.2, 0.25) is 0 Å². The van der Waals surface area contributed by atoms with Crippen molar-refractivity contribution < 1.29 is 13.6 Å². The average Bonchev–Trinajstić information content (AvgIpc) is 2.17. The van der Waals surface area contributed by atoms with Crippen molar-refractivity contribution in [3.63, 3.8) is 0 Å². The van der Waals surface area contributed by atoms with Crippen LogP contribution in [0, 0.1) is 0 Å². The first kappa shape index (κ1) is 12.3. The second kappa shape index (κ2) is 5.35. The van der Waals surface area contributed by atoms with Gasteiger partial charge in [0, 0.05) is 16.5 Å². The summed E-state index contributed by atoms with van der Waals surface area (Å²) in [5.74, 6) is -0.177. The molecule has 1 rings (SSSR count). The number of rotatable bonds is 4. The van der Waals surface area contributed by atoms with Crippen molar-refractivity contribution in [3.05, 3.63) is 33.8 Å². The van der Waals surface area contributed by atoms with E-state index in [0.29, 0.717) is 5.56 Å². The zero-order valence-corrected chi connectivity index (χ0v) is 9.80. The van der Waals surface area contributed by atoms with Crippen molar-refractivity contribution in [2.75, 3.05) is 0 Å². The highest BCUT2D eigenvalue weighted by atomic mass is 79.9. The molecule has 82 valence electrons. The number of halogens is 3. The normalized spacial score (nSPS) is 12.9. The molecule has 1 nitrogen and oxygen atoms in total. The van der Waals surface area contributed by atoms with Crippen LogP contribution in [-0.2, 0) is 4.79 Å². The van der Waals surface area contributed by atoms with Crippen molar-refractivity contribution >= 4 is 22.2 Å². The molecule has 0 saturated heterocycles. The van der Waals surface area contributed by atoms with Crippen LogP contribution >= 0.6 is 15.9 Å². The predicted octanol–water partition coefficient (Wildman–Crippen LogP) is 4.08. The maximum atomic E-state index is 12.7. The molecule has 0 bridgehead atoms. The second-order valence-corrected chi connectivity index (χ2v) is 4.29. The molecule has 15 heavy (non-hydrogen) atoms. The minimum Gasteiger partial charge on any atom is -0.303 e. The van der Waals surface area contributed by atoms with Gasteiger partial charge in [-0.1, -0.05) is 28.9 Å². The molecule has 0 aliphatic heterocycles. The van der Waals surface area contributed by atoms with Gasteiger partial charge in [0.25, 0.3) is 6.43 Å². The molecule has 0 amide bonds. The fourth-order valence-corrected chi connectivity index (χ4v) is 1.82. The van der Waals surface area contributed by atoms with E-state index in [2.05, 4.69) is 15.9 Å². The lowest BCUT2D eigenvalue weighted by molar-refractivity contribution is -0.108. The van der Waals surface area contributed by atoms with Gasteiger partial charge in [-0.15, -0.1) is 0 Å². The third-order valence-corrected chi connectivity index (χ3v) is 2.76. The standard InChI is InChI=1S/C11H11BrF2O/c1-7(4-5-15)10-6-8(12)2-3-9(10)11(13)14/h2-3,5-7,11H,4H2,1H3. The molecule has 0 spiro atoms. The number of alkyl halides is 2. The summed E-state index contributed by atoms with van der Waals surface area (Å²) in [7, 11) is 0. The van der Waals surface area contributed by atoms with Crippen molar-refractivity contribution in [3.8, 4) is 0 Å². The molecule has 1 aromatic rings. The Morgan fingerprint density at radius 2 is 2.07 bits per heavy atom. The van der Waals surface area contributed by atoms with Gasteiger partial charge >= 0.3 is 0 Å². The zero-order valence-electron chi connectivity index (χ0n) is 8.21. The molecule has 0 aromatic heterocycles. The number of hydrogen-bond acceptors (Lipinski definition) is 1. The van der Waals surface area contributed by atoms with E-state index < -0.39 is 6.43 Å². The van der Waals surface area contributed by atoms with E-state index in [0.717, 1.165) is 10.8 Å². The molecule has 0 aliphatic carbocycles. The van der Waals surface area contributed by atoms with Gasteiger partial charge < -0.3 is 4.79 Å². The fourth-order valence-electron chi connectivity index (χ4n) is 1.44. The first-order valence-corrected chi connectivity index (χ1v) is 5.36. The van der Waals surface area contributed by atoms with E-state index in [-0.39, 0.29) is 17.9 Å². The molecule has 1 atom stereocenters. The Balaban J connectivity index is 3.11. The number of carbonyl (C=O) groups is 1. The van der Waals surface area contributed by atoms with Crippen LogP contribution in [0.5, 0.6) is 0 Å². The first-order chi connectivity index (χ1) is 7.06. The van der Waals surface area contributed by atoms with Gasteiger partial charge in [0.1, 0.15) is 6.29 Å². The molecule has 0 heterocycles. The topological polar surface area (TPSA) is 17.1 Å². The molecule has 0 saturated carbocycles. The third-order valence-electron chi connectivity index (χ3n) is 2.26. The van der Waals surface area contributed by atoms with Crippen LogP contribution in [0.15, 0.2) is 22.7 Å². The highest BCUT2D eigenvalue weighted by Gasteiger charge is 2.17. The monoisotopic (exact) mass is 276 g/mol. The SMILES string of the molecule is CC(CC=O)c1cc(Br)ccc1C(F)F. The number of benzene rings is 1. The molecular weight excluding hydrogens is 266 g/mol. The Hall–Kier alpha value is -0.770. The summed E-state index contributed by atoms with van der Waals surface area (Å²) in [6.45, 7) is 1.77. The summed E-state index contributed by atoms with van der Waals surface area (Å²) in [5.41, 5.74) is 0.541. The highest BCUT2D eigenvalue weighted by molar-refractivity contribution is 9.10. The molecule has 0 N–H and O–H groups in total. The van der Waals surface area contributed by atoms with Crippen molar-refractivity contribution in [1.29, 1.82) is 0 Å². The zero-order chi connectivity index (χ0) is 11.4. The summed E-state index contributed by atoms with van der Waals surface area (Å²) < 4.78 is 26.1. The lowest BCUT2D eigenvalue weighted by atomic mass is 9.94. The summed E-state index contributed by atoms with van der Waals surface area (Å²) in [4.78, 5) is 10.4. The van der Waals surface area contributed by atoms with Gasteiger partial charge in [-0.05, 0) is 23.6 Å². The summed E-state index contributed by atoms with van der Waals surface area (Å²) in [5, 5.41) is 0. The molecule has 1 unspecified atom stereocenters. The third kappa shape index (κ3) is 3.09. The maximum Gasteiger partial charge on any atom is 0.264 e. The van der Waals surface area contributed by atoms with E-state index >= 15 is 0 Å². The second-order valence-electron chi connectivity index (χ2n) is 3.38. The van der Waals surface area contributed by atoms with Crippen molar-refractivity contribution in [2.45, 2.75) is 25.7 Å². The van der Waals surface area contributed by atoms with Crippen LogP contribution in [0.25, 0.3) is 0 Å². The average molecular weight is 277 g/mol. The number of hydrogen-bond donors (Lipinski definition) is 0. The first-order valence-electron chi connectivity index (χ1n) is 4.57. The molecule has 0 aliphatic rings. The van der Waals surface area contributed by atoms with Gasteiger partial charge in [-0.2, -0.15) is 0 Å². The smallest absolute Gasteiger partial charge is 0.264 e. The lowest BCUT2D eigenvalue weighted by Crippen LogP contribution is -2.00. The number of carbonyl (C=O) groups excluding carboxylic acids is 1. The van der Waals surface area contributed by atoms with Gasteiger partial charge in [0.15, 0.2) is 0 Å². The van der Waals surface area contributed by atoms with Gasteiger partial charge in [-0.25, -0.2) is 8.78 Å². The maximum absolute atomic E-state index is 12.7. The Morgan fingerprint density at radius 1 is 1.40 bits per heavy atom. The van der Waals surface area contributed by atoms with E-state index in [9.17, 15) is 13.6 Å².